The highest BCUT2D eigenvalue weighted by Gasteiger charge is 2.30. The van der Waals surface area contributed by atoms with Crippen molar-refractivity contribution in [2.75, 3.05) is 17.0 Å². The molecule has 1 fully saturated rings. The van der Waals surface area contributed by atoms with Gasteiger partial charge in [-0.2, -0.15) is 5.10 Å². The molecule has 234 valence electrons. The quantitative estimate of drug-likeness (QED) is 0.121. The number of H-pyrrole nitrogens is 2. The van der Waals surface area contributed by atoms with E-state index < -0.39 is 16.1 Å². The van der Waals surface area contributed by atoms with E-state index in [1.165, 1.54) is 12.1 Å². The molecule has 11 nitrogen and oxygen atoms in total. The number of rotatable bonds is 10. The van der Waals surface area contributed by atoms with Crippen LogP contribution in [-0.4, -0.2) is 41.0 Å². The Labute approximate surface area is 266 Å². The van der Waals surface area contributed by atoms with Gasteiger partial charge in [0.15, 0.2) is 5.82 Å². The molecule has 5 aromatic rings. The van der Waals surface area contributed by atoms with Gasteiger partial charge in [-0.05, 0) is 74.0 Å². The Balaban J connectivity index is 1.32. The lowest BCUT2D eigenvalue weighted by Crippen LogP contribution is -2.37. The topological polar surface area (TPSA) is 185 Å². The van der Waals surface area contributed by atoms with Crippen LogP contribution in [0.3, 0.4) is 0 Å². The molecule has 1 saturated carbocycles. The number of nitrogens with zero attached hydrogens (tertiary/aromatic N) is 2. The number of sulfonamides is 1. The van der Waals surface area contributed by atoms with E-state index in [0.29, 0.717) is 46.2 Å². The van der Waals surface area contributed by atoms with Gasteiger partial charge in [0.25, 0.3) is 10.0 Å². The molecule has 0 spiro atoms. The molecule has 45 heavy (non-hydrogen) atoms. The van der Waals surface area contributed by atoms with Gasteiger partial charge < -0.3 is 21.8 Å². The maximum atomic E-state index is 13.6. The number of imidazole rings is 1. The highest BCUT2D eigenvalue weighted by atomic mass is 35.5. The normalized spacial score (nSPS) is 17.6. The second-order valence-corrected chi connectivity index (χ2v) is 13.5. The molecule has 13 heteroatoms. The number of amides is 1. The van der Waals surface area contributed by atoms with Crippen LogP contribution >= 0.6 is 11.6 Å². The van der Waals surface area contributed by atoms with Gasteiger partial charge in [-0.15, -0.1) is 0 Å². The standard InChI is InChI=1S/C32H35ClN8O3S/c33-29-28(22-14-15-24-26(17-22)39-40-30(24)35)37-31(38-29)27(36-32(42)20-12-10-19(18-34)11-13-20)16-21-6-4-5-9-25(21)41-45(43,44)23-7-2-1-3-8-23/h1-9,14-15,17,19-20,27,41H,10-13,16,18,34H2,(H,36,42)(H,37,38)(H3,35,39,40). The predicted molar refractivity (Wildman–Crippen MR) is 176 cm³/mol. The number of aromatic nitrogens is 4. The SMILES string of the molecule is NCC1CCC(C(=O)NC(Cc2ccccc2NS(=O)(=O)c2ccccc2)c2nc(-c3ccc4c(N)n[nH]c4c3)c(Cl)[nH]2)CC1. The number of hydrogen-bond donors (Lipinski definition) is 6. The number of anilines is 2. The van der Waals surface area contributed by atoms with Crippen LogP contribution in [0.2, 0.25) is 5.15 Å². The van der Waals surface area contributed by atoms with Crippen LogP contribution in [0.25, 0.3) is 22.2 Å². The third-order valence-corrected chi connectivity index (χ3v) is 10.1. The first-order valence-electron chi connectivity index (χ1n) is 14.9. The van der Waals surface area contributed by atoms with E-state index in [1.807, 2.05) is 30.3 Å². The summed E-state index contributed by atoms with van der Waals surface area (Å²) in [6.45, 7) is 0.622. The minimum absolute atomic E-state index is 0.0822. The van der Waals surface area contributed by atoms with Crippen LogP contribution in [-0.2, 0) is 21.2 Å². The van der Waals surface area contributed by atoms with Crippen molar-refractivity contribution in [3.8, 4) is 11.3 Å². The van der Waals surface area contributed by atoms with Crippen LogP contribution in [0.5, 0.6) is 0 Å². The maximum absolute atomic E-state index is 13.6. The molecule has 2 heterocycles. The lowest BCUT2D eigenvalue weighted by Gasteiger charge is -2.28. The summed E-state index contributed by atoms with van der Waals surface area (Å²) in [6, 6.07) is 20.2. The van der Waals surface area contributed by atoms with Crippen molar-refractivity contribution in [2.45, 2.75) is 43.0 Å². The fourth-order valence-electron chi connectivity index (χ4n) is 5.90. The average molecular weight is 647 g/mol. The smallest absolute Gasteiger partial charge is 0.261 e. The van der Waals surface area contributed by atoms with Gasteiger partial charge in [0, 0.05) is 23.3 Å². The summed E-state index contributed by atoms with van der Waals surface area (Å²) < 4.78 is 29.1. The molecule has 1 aliphatic rings. The molecule has 1 atom stereocenters. The number of fused-ring (bicyclic) bond motifs is 1. The number of carbonyl (C=O) groups excluding carboxylic acids is 1. The largest absolute Gasteiger partial charge is 0.382 e. The Morgan fingerprint density at radius 1 is 1.02 bits per heavy atom. The van der Waals surface area contributed by atoms with E-state index in [0.717, 1.165) is 42.1 Å². The third kappa shape index (κ3) is 6.68. The molecular weight excluding hydrogens is 612 g/mol. The van der Waals surface area contributed by atoms with Crippen LogP contribution in [0.1, 0.15) is 43.1 Å². The van der Waals surface area contributed by atoms with Gasteiger partial charge in [-0.3, -0.25) is 14.6 Å². The number of nitrogens with one attached hydrogen (secondary N) is 4. The first kappa shape index (κ1) is 30.6. The lowest BCUT2D eigenvalue weighted by atomic mass is 9.81. The van der Waals surface area contributed by atoms with E-state index in [2.05, 4.69) is 25.2 Å². The number of para-hydroxylation sites is 1. The summed E-state index contributed by atoms with van der Waals surface area (Å²) in [5.74, 6) is 1.05. The molecular formula is C32H35ClN8O3S. The molecule has 2 aromatic heterocycles. The summed E-state index contributed by atoms with van der Waals surface area (Å²) in [5, 5.41) is 11.3. The number of aromatic amines is 2. The number of nitrogens with two attached hydrogens (primary N) is 2. The van der Waals surface area contributed by atoms with Crippen LogP contribution in [0, 0.1) is 11.8 Å². The molecule has 0 radical (unpaired) electrons. The summed E-state index contributed by atoms with van der Waals surface area (Å²) in [7, 11) is -3.85. The van der Waals surface area contributed by atoms with Crippen molar-refractivity contribution in [1.82, 2.24) is 25.5 Å². The molecule has 1 aliphatic carbocycles. The average Bonchev–Trinajstić information content (AvgIpc) is 3.63. The first-order chi connectivity index (χ1) is 21.7. The molecule has 8 N–H and O–H groups in total. The molecule has 3 aromatic carbocycles. The molecule has 0 aliphatic heterocycles. The van der Waals surface area contributed by atoms with Crippen molar-refractivity contribution in [3.63, 3.8) is 0 Å². The number of carbonyl (C=O) groups is 1. The third-order valence-electron chi connectivity index (χ3n) is 8.48. The zero-order chi connectivity index (χ0) is 31.6. The van der Waals surface area contributed by atoms with Gasteiger partial charge in [-0.25, -0.2) is 13.4 Å². The zero-order valence-electron chi connectivity index (χ0n) is 24.5. The fourth-order valence-corrected chi connectivity index (χ4v) is 7.27. The Bertz CT molecular complexity index is 1920. The van der Waals surface area contributed by atoms with E-state index in [-0.39, 0.29) is 23.1 Å². The van der Waals surface area contributed by atoms with Crippen molar-refractivity contribution in [3.05, 3.63) is 89.3 Å². The Hall–Kier alpha value is -4.39. The minimum Gasteiger partial charge on any atom is -0.382 e. The lowest BCUT2D eigenvalue weighted by molar-refractivity contribution is -0.127. The highest BCUT2D eigenvalue weighted by molar-refractivity contribution is 7.92. The second kappa shape index (κ2) is 12.9. The number of benzene rings is 3. The van der Waals surface area contributed by atoms with Gasteiger partial charge in [-0.1, -0.05) is 54.1 Å². The molecule has 6 rings (SSSR count). The zero-order valence-corrected chi connectivity index (χ0v) is 26.0. The van der Waals surface area contributed by atoms with Crippen molar-refractivity contribution in [1.29, 1.82) is 0 Å². The fraction of sp³-hybridized carbons (Fsp3) is 0.281. The van der Waals surface area contributed by atoms with E-state index in [1.54, 1.807) is 30.3 Å². The molecule has 0 saturated heterocycles. The van der Waals surface area contributed by atoms with Crippen LogP contribution < -0.4 is 21.5 Å². The predicted octanol–water partition coefficient (Wildman–Crippen LogP) is 5.15. The summed E-state index contributed by atoms with van der Waals surface area (Å²) in [5.41, 5.74) is 14.9. The first-order valence-corrected chi connectivity index (χ1v) is 16.7. The maximum Gasteiger partial charge on any atom is 0.261 e. The number of nitrogen functional groups attached to an aromatic ring is 1. The van der Waals surface area contributed by atoms with Crippen LogP contribution in [0.4, 0.5) is 11.5 Å². The number of halogens is 1. The van der Waals surface area contributed by atoms with Crippen molar-refractivity contribution < 1.29 is 13.2 Å². The Kier molecular flexibility index (Phi) is 8.79. The minimum atomic E-state index is -3.85. The second-order valence-electron chi connectivity index (χ2n) is 11.4. The summed E-state index contributed by atoms with van der Waals surface area (Å²) in [6.07, 6.45) is 3.56. The van der Waals surface area contributed by atoms with E-state index in [9.17, 15) is 13.2 Å². The number of hydrogen-bond acceptors (Lipinski definition) is 7. The van der Waals surface area contributed by atoms with Crippen molar-refractivity contribution in [2.24, 2.45) is 17.6 Å². The van der Waals surface area contributed by atoms with Gasteiger partial charge in [0.1, 0.15) is 16.7 Å². The van der Waals surface area contributed by atoms with Gasteiger partial charge >= 0.3 is 0 Å². The summed E-state index contributed by atoms with van der Waals surface area (Å²) in [4.78, 5) is 21.8. The monoisotopic (exact) mass is 646 g/mol. The highest BCUT2D eigenvalue weighted by Crippen LogP contribution is 2.34. The molecule has 1 unspecified atom stereocenters. The Morgan fingerprint density at radius 2 is 1.76 bits per heavy atom. The molecule has 1 amide bonds. The van der Waals surface area contributed by atoms with Gasteiger partial charge in [0.05, 0.1) is 22.1 Å². The van der Waals surface area contributed by atoms with Crippen molar-refractivity contribution >= 4 is 49.9 Å². The summed E-state index contributed by atoms with van der Waals surface area (Å²) >= 11 is 6.70. The van der Waals surface area contributed by atoms with Crippen LogP contribution in [0.15, 0.2) is 77.7 Å². The van der Waals surface area contributed by atoms with Gasteiger partial charge in [0.2, 0.25) is 5.91 Å². The molecule has 0 bridgehead atoms. The van der Waals surface area contributed by atoms with E-state index >= 15 is 0 Å². The van der Waals surface area contributed by atoms with E-state index in [4.69, 9.17) is 28.1 Å². The Morgan fingerprint density at radius 3 is 2.51 bits per heavy atom.